The number of hydrogen-bond acceptors (Lipinski definition) is 2. The Morgan fingerprint density at radius 1 is 1.41 bits per heavy atom. The van der Waals surface area contributed by atoms with Crippen LogP contribution in [0.3, 0.4) is 0 Å². The summed E-state index contributed by atoms with van der Waals surface area (Å²) in [6.45, 7) is 3.26. The van der Waals surface area contributed by atoms with Crippen LogP contribution in [0, 0.1) is 5.92 Å². The lowest BCUT2D eigenvalue weighted by Gasteiger charge is -2.10. The zero-order valence-electron chi connectivity index (χ0n) is 12.8. The second-order valence-corrected chi connectivity index (χ2v) is 6.64. The summed E-state index contributed by atoms with van der Waals surface area (Å²) in [5, 5.41) is 3.99. The molecule has 0 aliphatic heterocycles. The molecule has 118 valence electrons. The van der Waals surface area contributed by atoms with Crippen LogP contribution in [0.25, 0.3) is 10.9 Å². The predicted octanol–water partition coefficient (Wildman–Crippen LogP) is 3.77. The number of aromatic nitrogens is 1. The Kier molecular flexibility index (Phi) is 4.71. The van der Waals surface area contributed by atoms with E-state index in [2.05, 4.69) is 21.2 Å². The van der Waals surface area contributed by atoms with Crippen molar-refractivity contribution in [1.82, 2.24) is 10.0 Å². The van der Waals surface area contributed by atoms with Crippen LogP contribution in [0.2, 0.25) is 0 Å². The number of nitrogens with one attached hydrogen (secondary N) is 1. The van der Waals surface area contributed by atoms with Crippen LogP contribution in [0.5, 0.6) is 0 Å². The molecule has 1 aliphatic carbocycles. The number of halogens is 1. The summed E-state index contributed by atoms with van der Waals surface area (Å²) in [6, 6.07) is 5.86. The number of fused-ring (bicyclic) bond motifs is 1. The van der Waals surface area contributed by atoms with E-state index in [-0.39, 0.29) is 5.91 Å². The average Bonchev–Trinajstić information content (AvgIpc) is 3.14. The van der Waals surface area contributed by atoms with E-state index in [0.717, 1.165) is 21.9 Å². The first-order valence-electron chi connectivity index (χ1n) is 7.91. The normalized spacial score (nSPS) is 15.4. The van der Waals surface area contributed by atoms with Crippen molar-refractivity contribution in [3.63, 3.8) is 0 Å². The Morgan fingerprint density at radius 3 is 2.91 bits per heavy atom. The maximum Gasteiger partial charge on any atom is 0.253 e. The van der Waals surface area contributed by atoms with Crippen molar-refractivity contribution in [1.29, 1.82) is 0 Å². The van der Waals surface area contributed by atoms with Gasteiger partial charge in [0.15, 0.2) is 0 Å². The van der Waals surface area contributed by atoms with Crippen molar-refractivity contribution in [2.75, 3.05) is 13.2 Å². The van der Waals surface area contributed by atoms with Gasteiger partial charge < -0.3 is 10.2 Å². The molecule has 4 nitrogen and oxygen atoms in total. The molecule has 1 heterocycles. The minimum absolute atomic E-state index is 0.0257. The van der Waals surface area contributed by atoms with Gasteiger partial charge in [-0.1, -0.05) is 34.8 Å². The highest BCUT2D eigenvalue weighted by atomic mass is 79.9. The molecule has 1 fully saturated rings. The Bertz CT molecular complexity index is 675. The smallest absolute Gasteiger partial charge is 0.253 e. The van der Waals surface area contributed by atoms with Crippen LogP contribution in [0.1, 0.15) is 43.0 Å². The molecular weight excluding hydrogens is 344 g/mol. The molecular formula is C17H21BrN2O2. The second-order valence-electron chi connectivity index (χ2n) is 5.78. The van der Waals surface area contributed by atoms with Crippen molar-refractivity contribution in [2.45, 2.75) is 32.6 Å². The minimum atomic E-state index is -0.0257. The van der Waals surface area contributed by atoms with Crippen LogP contribution in [0.15, 0.2) is 28.9 Å². The van der Waals surface area contributed by atoms with Gasteiger partial charge in [0.2, 0.25) is 0 Å². The van der Waals surface area contributed by atoms with Crippen LogP contribution in [-0.4, -0.2) is 23.8 Å². The lowest BCUT2D eigenvalue weighted by atomic mass is 10.1. The first-order chi connectivity index (χ1) is 10.7. The molecule has 1 aliphatic rings. The lowest BCUT2D eigenvalue weighted by molar-refractivity contribution is 0.0943. The number of rotatable bonds is 5. The summed E-state index contributed by atoms with van der Waals surface area (Å²) in [5.74, 6) is 0.606. The average molecular weight is 365 g/mol. The molecule has 1 aromatic heterocycles. The van der Waals surface area contributed by atoms with Crippen molar-refractivity contribution in [2.24, 2.45) is 5.92 Å². The Hall–Kier alpha value is -1.49. The maximum absolute atomic E-state index is 12.6. The first kappa shape index (κ1) is 15.4. The van der Waals surface area contributed by atoms with Gasteiger partial charge in [0.25, 0.3) is 5.91 Å². The highest BCUT2D eigenvalue weighted by Gasteiger charge is 2.20. The van der Waals surface area contributed by atoms with E-state index in [0.29, 0.717) is 18.1 Å². The molecule has 0 spiro atoms. The van der Waals surface area contributed by atoms with E-state index in [1.54, 1.807) is 10.9 Å². The third-order valence-corrected chi connectivity index (χ3v) is 4.94. The summed E-state index contributed by atoms with van der Waals surface area (Å²) in [6.07, 6.45) is 6.81. The SMILES string of the molecule is CCOn1cc(C(=O)NCC2CCCC2)c2c(Br)cccc21. The number of carbonyl (C=O) groups excluding carboxylic acids is 1. The number of benzene rings is 1. The minimum Gasteiger partial charge on any atom is -0.414 e. The predicted molar refractivity (Wildman–Crippen MR) is 91.1 cm³/mol. The lowest BCUT2D eigenvalue weighted by Crippen LogP contribution is -2.28. The van der Waals surface area contributed by atoms with Crippen LogP contribution >= 0.6 is 15.9 Å². The highest BCUT2D eigenvalue weighted by molar-refractivity contribution is 9.10. The molecule has 0 unspecified atom stereocenters. The third kappa shape index (κ3) is 3.00. The fraction of sp³-hybridized carbons (Fsp3) is 0.471. The molecule has 2 aromatic rings. The summed E-state index contributed by atoms with van der Waals surface area (Å²) in [5.41, 5.74) is 1.57. The monoisotopic (exact) mass is 364 g/mol. The highest BCUT2D eigenvalue weighted by Crippen LogP contribution is 2.29. The zero-order valence-corrected chi connectivity index (χ0v) is 14.4. The fourth-order valence-corrected chi connectivity index (χ4v) is 3.75. The van der Waals surface area contributed by atoms with E-state index in [9.17, 15) is 4.79 Å². The Balaban J connectivity index is 1.86. The van der Waals surface area contributed by atoms with E-state index >= 15 is 0 Å². The number of hydrogen-bond donors (Lipinski definition) is 1. The standard InChI is InChI=1S/C17H21BrN2O2/c1-2-22-20-11-13(16-14(18)8-5-9-15(16)20)17(21)19-10-12-6-3-4-7-12/h5,8-9,11-12H,2-4,6-7,10H2,1H3,(H,19,21). The van der Waals surface area contributed by atoms with Crippen LogP contribution < -0.4 is 10.2 Å². The zero-order chi connectivity index (χ0) is 15.5. The van der Waals surface area contributed by atoms with E-state index < -0.39 is 0 Å². The first-order valence-corrected chi connectivity index (χ1v) is 8.71. The van der Waals surface area contributed by atoms with Gasteiger partial charge in [0.1, 0.15) is 6.61 Å². The van der Waals surface area contributed by atoms with Gasteiger partial charge in [-0.25, -0.2) is 0 Å². The summed E-state index contributed by atoms with van der Waals surface area (Å²) in [7, 11) is 0. The van der Waals surface area contributed by atoms with Crippen LogP contribution in [-0.2, 0) is 0 Å². The molecule has 3 rings (SSSR count). The molecule has 0 saturated heterocycles. The van der Waals surface area contributed by atoms with Crippen LogP contribution in [0.4, 0.5) is 0 Å². The number of carbonyl (C=O) groups is 1. The van der Waals surface area contributed by atoms with Gasteiger partial charge in [-0.3, -0.25) is 4.79 Å². The number of amides is 1. The van der Waals surface area contributed by atoms with E-state index in [1.807, 2.05) is 25.1 Å². The summed E-state index contributed by atoms with van der Waals surface area (Å²) < 4.78 is 2.60. The molecule has 1 amide bonds. The third-order valence-electron chi connectivity index (χ3n) is 4.28. The number of nitrogens with zero attached hydrogens (tertiary/aromatic N) is 1. The van der Waals surface area contributed by atoms with Crippen molar-refractivity contribution in [3.05, 3.63) is 34.4 Å². The second kappa shape index (κ2) is 6.73. The van der Waals surface area contributed by atoms with Gasteiger partial charge in [-0.2, -0.15) is 4.73 Å². The van der Waals surface area contributed by atoms with E-state index in [1.165, 1.54) is 25.7 Å². The Morgan fingerprint density at radius 2 is 2.18 bits per heavy atom. The molecule has 1 N–H and O–H groups in total. The van der Waals surface area contributed by atoms with Crippen molar-refractivity contribution >= 4 is 32.7 Å². The molecule has 0 radical (unpaired) electrons. The topological polar surface area (TPSA) is 43.3 Å². The molecule has 1 aromatic carbocycles. The maximum atomic E-state index is 12.6. The van der Waals surface area contributed by atoms with Gasteiger partial charge in [0.05, 0.1) is 17.3 Å². The largest absolute Gasteiger partial charge is 0.414 e. The fourth-order valence-electron chi connectivity index (χ4n) is 3.18. The molecule has 1 saturated carbocycles. The Labute approximate surface area is 138 Å². The molecule has 5 heteroatoms. The summed E-state index contributed by atoms with van der Waals surface area (Å²) >= 11 is 3.55. The van der Waals surface area contributed by atoms with Gasteiger partial charge in [-0.15, -0.1) is 0 Å². The summed E-state index contributed by atoms with van der Waals surface area (Å²) in [4.78, 5) is 18.2. The quantitative estimate of drug-likeness (QED) is 0.877. The van der Waals surface area contributed by atoms with Gasteiger partial charge in [-0.05, 0) is 37.8 Å². The van der Waals surface area contributed by atoms with E-state index in [4.69, 9.17) is 4.84 Å². The van der Waals surface area contributed by atoms with Gasteiger partial charge in [0, 0.05) is 16.4 Å². The van der Waals surface area contributed by atoms with Crippen molar-refractivity contribution < 1.29 is 9.63 Å². The molecule has 22 heavy (non-hydrogen) atoms. The molecule has 0 bridgehead atoms. The van der Waals surface area contributed by atoms with Crippen molar-refractivity contribution in [3.8, 4) is 0 Å². The van der Waals surface area contributed by atoms with Gasteiger partial charge >= 0.3 is 0 Å². The molecule has 0 atom stereocenters.